The molecule has 2 rings (SSSR count). The van der Waals surface area contributed by atoms with Gasteiger partial charge < -0.3 is 10.2 Å². The van der Waals surface area contributed by atoms with E-state index in [0.717, 1.165) is 13.1 Å². The van der Waals surface area contributed by atoms with Crippen LogP contribution in [0, 0.1) is 9.49 Å². The quantitative estimate of drug-likeness (QED) is 0.807. The van der Waals surface area contributed by atoms with Crippen molar-refractivity contribution in [2.45, 2.75) is 45.7 Å². The fourth-order valence-electron chi connectivity index (χ4n) is 2.90. The Balaban J connectivity index is 2.17. The summed E-state index contributed by atoms with van der Waals surface area (Å²) in [5, 5.41) is 3.72. The van der Waals surface area contributed by atoms with Crippen molar-refractivity contribution in [2.75, 3.05) is 18.0 Å². The van der Waals surface area contributed by atoms with E-state index in [-0.39, 0.29) is 0 Å². The first kappa shape index (κ1) is 15.1. The zero-order valence-corrected chi connectivity index (χ0v) is 14.4. The molecule has 1 fully saturated rings. The smallest absolute Gasteiger partial charge is 0.0438 e. The minimum absolute atomic E-state index is 0.605. The van der Waals surface area contributed by atoms with Gasteiger partial charge in [-0.3, -0.25) is 0 Å². The Morgan fingerprint density at radius 1 is 1.32 bits per heavy atom. The van der Waals surface area contributed by atoms with Gasteiger partial charge in [0.15, 0.2) is 0 Å². The summed E-state index contributed by atoms with van der Waals surface area (Å²) < 4.78 is 1.31. The number of benzene rings is 1. The van der Waals surface area contributed by atoms with Gasteiger partial charge in [0.1, 0.15) is 0 Å². The van der Waals surface area contributed by atoms with Crippen LogP contribution in [0.25, 0.3) is 0 Å². The van der Waals surface area contributed by atoms with Crippen LogP contribution < -0.4 is 10.2 Å². The highest BCUT2D eigenvalue weighted by atomic mass is 127. The Bertz CT molecular complexity index is 388. The SMILES string of the molecule is CCCC1CN(c2ccc(I)cc2)C(C(C)C)CN1. The van der Waals surface area contributed by atoms with Crippen molar-refractivity contribution in [2.24, 2.45) is 5.92 Å². The lowest BCUT2D eigenvalue weighted by Crippen LogP contribution is -2.58. The highest BCUT2D eigenvalue weighted by Gasteiger charge is 2.29. The van der Waals surface area contributed by atoms with Gasteiger partial charge in [0.25, 0.3) is 0 Å². The zero-order valence-electron chi connectivity index (χ0n) is 12.2. The van der Waals surface area contributed by atoms with Crippen LogP contribution in [0.2, 0.25) is 0 Å². The molecule has 0 aromatic heterocycles. The molecule has 1 saturated heterocycles. The molecule has 2 nitrogen and oxygen atoms in total. The zero-order chi connectivity index (χ0) is 13.8. The number of hydrogen-bond acceptors (Lipinski definition) is 2. The van der Waals surface area contributed by atoms with Crippen molar-refractivity contribution in [3.63, 3.8) is 0 Å². The average Bonchev–Trinajstić information content (AvgIpc) is 2.39. The van der Waals surface area contributed by atoms with Gasteiger partial charge >= 0.3 is 0 Å². The molecule has 2 unspecified atom stereocenters. The Kier molecular flexibility index (Phi) is 5.51. The van der Waals surface area contributed by atoms with E-state index < -0.39 is 0 Å². The number of anilines is 1. The molecule has 0 bridgehead atoms. The molecule has 19 heavy (non-hydrogen) atoms. The number of nitrogens with zero attached hydrogens (tertiary/aromatic N) is 1. The van der Waals surface area contributed by atoms with Crippen molar-refractivity contribution < 1.29 is 0 Å². The van der Waals surface area contributed by atoms with Crippen LogP contribution in [0.3, 0.4) is 0 Å². The lowest BCUT2D eigenvalue weighted by Gasteiger charge is -2.44. The summed E-state index contributed by atoms with van der Waals surface area (Å²) in [4.78, 5) is 2.61. The fourth-order valence-corrected chi connectivity index (χ4v) is 3.26. The van der Waals surface area contributed by atoms with Crippen molar-refractivity contribution in [1.29, 1.82) is 0 Å². The molecule has 0 amide bonds. The molecule has 1 heterocycles. The molecular weight excluding hydrogens is 347 g/mol. The van der Waals surface area contributed by atoms with Crippen LogP contribution >= 0.6 is 22.6 Å². The number of halogens is 1. The van der Waals surface area contributed by atoms with Crippen molar-refractivity contribution in [3.8, 4) is 0 Å². The Hall–Kier alpha value is -0.290. The summed E-state index contributed by atoms with van der Waals surface area (Å²) >= 11 is 2.37. The number of hydrogen-bond donors (Lipinski definition) is 1. The summed E-state index contributed by atoms with van der Waals surface area (Å²) in [6.45, 7) is 9.16. The van der Waals surface area contributed by atoms with Crippen LogP contribution in [0.4, 0.5) is 5.69 Å². The van der Waals surface area contributed by atoms with E-state index in [9.17, 15) is 0 Å². The van der Waals surface area contributed by atoms with Gasteiger partial charge in [-0.2, -0.15) is 0 Å². The summed E-state index contributed by atoms with van der Waals surface area (Å²) in [6, 6.07) is 10.2. The molecule has 0 aliphatic carbocycles. The minimum Gasteiger partial charge on any atom is -0.365 e. The van der Waals surface area contributed by atoms with Gasteiger partial charge in [-0.25, -0.2) is 0 Å². The Labute approximate surface area is 131 Å². The maximum absolute atomic E-state index is 3.72. The average molecular weight is 372 g/mol. The Morgan fingerprint density at radius 2 is 2.00 bits per heavy atom. The summed E-state index contributed by atoms with van der Waals surface area (Å²) in [5.41, 5.74) is 1.38. The molecule has 1 aliphatic rings. The second-order valence-electron chi connectivity index (χ2n) is 5.83. The maximum Gasteiger partial charge on any atom is 0.0438 e. The van der Waals surface area contributed by atoms with E-state index in [0.29, 0.717) is 18.0 Å². The van der Waals surface area contributed by atoms with Crippen LogP contribution in [0.1, 0.15) is 33.6 Å². The molecule has 0 spiro atoms. The van der Waals surface area contributed by atoms with Crippen molar-refractivity contribution in [3.05, 3.63) is 27.8 Å². The highest BCUT2D eigenvalue weighted by molar-refractivity contribution is 14.1. The molecule has 0 radical (unpaired) electrons. The molecule has 1 aromatic carbocycles. The molecule has 3 heteroatoms. The first-order valence-corrected chi connectivity index (χ1v) is 8.45. The van der Waals surface area contributed by atoms with Gasteiger partial charge in [-0.05, 0) is 59.2 Å². The van der Waals surface area contributed by atoms with Crippen LogP contribution in [0.5, 0.6) is 0 Å². The topological polar surface area (TPSA) is 15.3 Å². The minimum atomic E-state index is 0.605. The van der Waals surface area contributed by atoms with E-state index in [1.807, 2.05) is 0 Å². The summed E-state index contributed by atoms with van der Waals surface area (Å²) in [6.07, 6.45) is 2.52. The predicted molar refractivity (Wildman–Crippen MR) is 91.8 cm³/mol. The van der Waals surface area contributed by atoms with Crippen molar-refractivity contribution in [1.82, 2.24) is 5.32 Å². The molecule has 1 aromatic rings. The maximum atomic E-state index is 3.72. The largest absolute Gasteiger partial charge is 0.365 e. The molecular formula is C16H25IN2. The second kappa shape index (κ2) is 6.93. The predicted octanol–water partition coefficient (Wildman–Crippen LogP) is 3.89. The monoisotopic (exact) mass is 372 g/mol. The van der Waals surface area contributed by atoms with Gasteiger partial charge in [-0.1, -0.05) is 27.2 Å². The van der Waals surface area contributed by atoms with Gasteiger partial charge in [0.2, 0.25) is 0 Å². The lowest BCUT2D eigenvalue weighted by molar-refractivity contribution is 0.327. The highest BCUT2D eigenvalue weighted by Crippen LogP contribution is 2.25. The molecule has 1 N–H and O–H groups in total. The number of rotatable bonds is 4. The Morgan fingerprint density at radius 3 is 2.58 bits per heavy atom. The van der Waals surface area contributed by atoms with Crippen LogP contribution in [-0.4, -0.2) is 25.2 Å². The van der Waals surface area contributed by atoms with E-state index in [4.69, 9.17) is 0 Å². The third-order valence-electron chi connectivity index (χ3n) is 4.00. The first-order valence-electron chi connectivity index (χ1n) is 7.37. The molecule has 0 saturated carbocycles. The van der Waals surface area contributed by atoms with Gasteiger partial charge in [0.05, 0.1) is 0 Å². The van der Waals surface area contributed by atoms with Crippen LogP contribution in [-0.2, 0) is 0 Å². The van der Waals surface area contributed by atoms with Crippen molar-refractivity contribution >= 4 is 28.3 Å². The van der Waals surface area contributed by atoms with E-state index in [1.165, 1.54) is 22.1 Å². The lowest BCUT2D eigenvalue weighted by atomic mass is 9.96. The summed E-state index contributed by atoms with van der Waals surface area (Å²) in [7, 11) is 0. The number of nitrogens with one attached hydrogen (secondary N) is 1. The third-order valence-corrected chi connectivity index (χ3v) is 4.72. The standard InChI is InChI=1S/C16H25IN2/c1-4-5-14-11-19(16(10-18-14)12(2)3)15-8-6-13(17)7-9-15/h6-9,12,14,16,18H,4-5,10-11H2,1-3H3. The second-order valence-corrected chi connectivity index (χ2v) is 7.08. The third kappa shape index (κ3) is 3.85. The molecule has 106 valence electrons. The summed E-state index contributed by atoms with van der Waals surface area (Å²) in [5.74, 6) is 0.675. The first-order chi connectivity index (χ1) is 9.11. The van der Waals surface area contributed by atoms with Crippen LogP contribution in [0.15, 0.2) is 24.3 Å². The van der Waals surface area contributed by atoms with E-state index in [2.05, 4.69) is 77.8 Å². The number of piperazine rings is 1. The molecule has 1 aliphatic heterocycles. The fraction of sp³-hybridized carbons (Fsp3) is 0.625. The van der Waals surface area contributed by atoms with E-state index >= 15 is 0 Å². The van der Waals surface area contributed by atoms with Gasteiger partial charge in [0, 0.05) is 34.4 Å². The molecule has 2 atom stereocenters. The van der Waals surface area contributed by atoms with E-state index in [1.54, 1.807) is 0 Å². The normalized spacial score (nSPS) is 23.9. The van der Waals surface area contributed by atoms with Gasteiger partial charge in [-0.15, -0.1) is 0 Å².